The van der Waals surface area contributed by atoms with Crippen LogP contribution < -0.4 is 5.32 Å². The van der Waals surface area contributed by atoms with E-state index in [0.29, 0.717) is 5.92 Å². The van der Waals surface area contributed by atoms with Gasteiger partial charge in [0.05, 0.1) is 12.2 Å². The number of hydrogen-bond donors (Lipinski definition) is 1. The zero-order valence-corrected chi connectivity index (χ0v) is 12.5. The summed E-state index contributed by atoms with van der Waals surface area (Å²) >= 11 is 0. The maximum Gasteiger partial charge on any atom is 0.222 e. The van der Waals surface area contributed by atoms with Gasteiger partial charge in [-0.2, -0.15) is 0 Å². The first kappa shape index (κ1) is 13.5. The molecule has 0 amide bonds. The zero-order valence-electron chi connectivity index (χ0n) is 12.5. The molecule has 5 nitrogen and oxygen atoms in total. The van der Waals surface area contributed by atoms with E-state index in [-0.39, 0.29) is 5.60 Å². The van der Waals surface area contributed by atoms with Crippen LogP contribution in [0.15, 0.2) is 18.5 Å². The molecule has 0 aromatic carbocycles. The van der Waals surface area contributed by atoms with Gasteiger partial charge < -0.3 is 10.1 Å². The summed E-state index contributed by atoms with van der Waals surface area (Å²) in [6.45, 7) is 5.40. The van der Waals surface area contributed by atoms with Crippen LogP contribution >= 0.6 is 0 Å². The SMILES string of the molecule is c1cnc(NC[C@H]2CCC3(CN(CC4CC4)C3)OC2)nc1. The Morgan fingerprint density at radius 1 is 1.19 bits per heavy atom. The molecule has 1 aromatic rings. The Morgan fingerprint density at radius 2 is 2.00 bits per heavy atom. The van der Waals surface area contributed by atoms with E-state index in [1.165, 1.54) is 32.2 Å². The summed E-state index contributed by atoms with van der Waals surface area (Å²) in [5, 5.41) is 3.31. The van der Waals surface area contributed by atoms with Crippen molar-refractivity contribution in [3.05, 3.63) is 18.5 Å². The molecule has 0 radical (unpaired) electrons. The summed E-state index contributed by atoms with van der Waals surface area (Å²) in [6.07, 6.45) is 8.88. The van der Waals surface area contributed by atoms with E-state index in [0.717, 1.165) is 38.1 Å². The lowest BCUT2D eigenvalue weighted by Crippen LogP contribution is -2.65. The highest BCUT2D eigenvalue weighted by molar-refractivity contribution is 5.22. The normalized spacial score (nSPS) is 28.3. The van der Waals surface area contributed by atoms with Gasteiger partial charge in [0.1, 0.15) is 0 Å². The molecule has 1 atom stereocenters. The maximum atomic E-state index is 6.21. The highest BCUT2D eigenvalue weighted by Gasteiger charge is 2.47. The van der Waals surface area contributed by atoms with E-state index in [1.807, 2.05) is 6.07 Å². The second kappa shape index (κ2) is 5.54. The molecule has 5 heteroatoms. The Labute approximate surface area is 126 Å². The molecule has 3 heterocycles. The molecule has 3 fully saturated rings. The Hall–Kier alpha value is -1.20. The monoisotopic (exact) mass is 288 g/mol. The fourth-order valence-corrected chi connectivity index (χ4v) is 3.52. The minimum atomic E-state index is 0.189. The standard InChI is InChI=1S/C16H24N4O/c1-6-17-15(18-7-1)19-8-14-4-5-16(21-10-14)11-20(12-16)9-13-2-3-13/h1,6-7,13-14H,2-5,8-12H2,(H,17,18,19)/t14-/m1/s1. The van der Waals surface area contributed by atoms with Gasteiger partial charge in [-0.15, -0.1) is 0 Å². The van der Waals surface area contributed by atoms with Crippen molar-refractivity contribution in [1.29, 1.82) is 0 Å². The Kier molecular flexibility index (Phi) is 3.55. The molecule has 1 aromatic heterocycles. The van der Waals surface area contributed by atoms with E-state index in [1.54, 1.807) is 12.4 Å². The molecule has 1 aliphatic carbocycles. The topological polar surface area (TPSA) is 50.3 Å². The van der Waals surface area contributed by atoms with Crippen LogP contribution in [0.2, 0.25) is 0 Å². The predicted molar refractivity (Wildman–Crippen MR) is 81.1 cm³/mol. The summed E-state index contributed by atoms with van der Waals surface area (Å²) in [5.41, 5.74) is 0.189. The Morgan fingerprint density at radius 3 is 2.67 bits per heavy atom. The van der Waals surface area contributed by atoms with Crippen LogP contribution in [-0.4, -0.2) is 53.3 Å². The van der Waals surface area contributed by atoms with Crippen molar-refractivity contribution >= 4 is 5.95 Å². The van der Waals surface area contributed by atoms with Crippen molar-refractivity contribution in [2.24, 2.45) is 11.8 Å². The van der Waals surface area contributed by atoms with Gasteiger partial charge >= 0.3 is 0 Å². The molecule has 4 rings (SSSR count). The quantitative estimate of drug-likeness (QED) is 0.895. The average molecular weight is 288 g/mol. The lowest BCUT2D eigenvalue weighted by Gasteiger charge is -2.53. The Bertz CT molecular complexity index is 460. The van der Waals surface area contributed by atoms with Crippen molar-refractivity contribution in [1.82, 2.24) is 14.9 Å². The van der Waals surface area contributed by atoms with Crippen LogP contribution in [0.5, 0.6) is 0 Å². The molecule has 1 saturated carbocycles. The lowest BCUT2D eigenvalue weighted by molar-refractivity contribution is -0.178. The van der Waals surface area contributed by atoms with Crippen molar-refractivity contribution in [2.75, 3.05) is 38.1 Å². The summed E-state index contributed by atoms with van der Waals surface area (Å²) in [6, 6.07) is 1.84. The summed E-state index contributed by atoms with van der Waals surface area (Å²) in [7, 11) is 0. The molecule has 1 spiro atoms. The number of likely N-dealkylation sites (tertiary alicyclic amines) is 1. The molecular weight excluding hydrogens is 264 g/mol. The lowest BCUT2D eigenvalue weighted by atomic mass is 9.83. The first-order valence-corrected chi connectivity index (χ1v) is 8.19. The maximum absolute atomic E-state index is 6.21. The predicted octanol–water partition coefficient (Wildman–Crippen LogP) is 1.78. The molecular formula is C16H24N4O. The van der Waals surface area contributed by atoms with Gasteiger partial charge in [-0.05, 0) is 43.6 Å². The number of hydrogen-bond acceptors (Lipinski definition) is 5. The van der Waals surface area contributed by atoms with E-state index in [2.05, 4.69) is 20.2 Å². The molecule has 0 unspecified atom stereocenters. The van der Waals surface area contributed by atoms with Crippen LogP contribution in [0.1, 0.15) is 25.7 Å². The molecule has 0 bridgehead atoms. The van der Waals surface area contributed by atoms with Crippen LogP contribution in [0, 0.1) is 11.8 Å². The zero-order chi connectivity index (χ0) is 14.1. The van der Waals surface area contributed by atoms with Gasteiger partial charge in [0, 0.05) is 38.6 Å². The van der Waals surface area contributed by atoms with Crippen molar-refractivity contribution in [3.8, 4) is 0 Å². The molecule has 1 N–H and O–H groups in total. The Balaban J connectivity index is 1.19. The van der Waals surface area contributed by atoms with Gasteiger partial charge in [-0.25, -0.2) is 9.97 Å². The highest BCUT2D eigenvalue weighted by atomic mass is 16.5. The van der Waals surface area contributed by atoms with Gasteiger partial charge in [0.15, 0.2) is 0 Å². The fourth-order valence-electron chi connectivity index (χ4n) is 3.52. The number of anilines is 1. The van der Waals surface area contributed by atoms with Gasteiger partial charge in [-0.1, -0.05) is 0 Å². The van der Waals surface area contributed by atoms with E-state index in [9.17, 15) is 0 Å². The molecule has 114 valence electrons. The summed E-state index contributed by atoms with van der Waals surface area (Å²) in [4.78, 5) is 11.0. The third-order valence-electron chi connectivity index (χ3n) is 4.98. The first-order valence-electron chi connectivity index (χ1n) is 8.19. The average Bonchev–Trinajstić information content (AvgIpc) is 3.30. The summed E-state index contributed by atoms with van der Waals surface area (Å²) in [5.74, 6) is 2.29. The number of rotatable bonds is 5. The highest BCUT2D eigenvalue weighted by Crippen LogP contribution is 2.39. The number of nitrogens with zero attached hydrogens (tertiary/aromatic N) is 3. The second-order valence-electron chi connectivity index (χ2n) is 6.97. The van der Waals surface area contributed by atoms with E-state index >= 15 is 0 Å². The third kappa shape index (κ3) is 3.19. The number of nitrogens with one attached hydrogen (secondary N) is 1. The van der Waals surface area contributed by atoms with Gasteiger partial charge in [0.2, 0.25) is 5.95 Å². The number of aromatic nitrogens is 2. The molecule has 21 heavy (non-hydrogen) atoms. The third-order valence-corrected chi connectivity index (χ3v) is 4.98. The van der Waals surface area contributed by atoms with Crippen LogP contribution in [0.3, 0.4) is 0 Å². The smallest absolute Gasteiger partial charge is 0.222 e. The molecule has 2 saturated heterocycles. The summed E-state index contributed by atoms with van der Waals surface area (Å²) < 4.78 is 6.21. The second-order valence-corrected chi connectivity index (χ2v) is 6.97. The number of ether oxygens (including phenoxy) is 1. The van der Waals surface area contributed by atoms with Crippen LogP contribution in [0.4, 0.5) is 5.95 Å². The van der Waals surface area contributed by atoms with Gasteiger partial charge in [0.25, 0.3) is 0 Å². The largest absolute Gasteiger partial charge is 0.372 e. The van der Waals surface area contributed by atoms with Gasteiger partial charge in [-0.3, -0.25) is 4.90 Å². The van der Waals surface area contributed by atoms with Crippen LogP contribution in [0.25, 0.3) is 0 Å². The fraction of sp³-hybridized carbons (Fsp3) is 0.750. The minimum Gasteiger partial charge on any atom is -0.372 e. The van der Waals surface area contributed by atoms with Crippen molar-refractivity contribution in [2.45, 2.75) is 31.3 Å². The molecule has 3 aliphatic rings. The minimum absolute atomic E-state index is 0.189. The first-order chi connectivity index (χ1) is 10.3. The molecule has 2 aliphatic heterocycles. The van der Waals surface area contributed by atoms with Crippen molar-refractivity contribution in [3.63, 3.8) is 0 Å². The van der Waals surface area contributed by atoms with Crippen LogP contribution in [-0.2, 0) is 4.74 Å². The van der Waals surface area contributed by atoms with Crippen molar-refractivity contribution < 1.29 is 4.74 Å². The van der Waals surface area contributed by atoms with E-state index in [4.69, 9.17) is 4.74 Å². The van der Waals surface area contributed by atoms with E-state index < -0.39 is 0 Å².